The van der Waals surface area contributed by atoms with Crippen molar-refractivity contribution in [2.24, 2.45) is 5.92 Å². The van der Waals surface area contributed by atoms with Crippen LogP contribution in [-0.4, -0.2) is 41.2 Å². The van der Waals surface area contributed by atoms with E-state index in [9.17, 15) is 9.90 Å². The number of halogens is 1. The highest BCUT2D eigenvalue weighted by Crippen LogP contribution is 2.20. The Bertz CT molecular complexity index is 463. The maximum Gasteiger partial charge on any atom is 0.263 e. The topological polar surface area (TPSA) is 49.8 Å². The molecule has 1 heterocycles. The van der Waals surface area contributed by atoms with Gasteiger partial charge < -0.3 is 14.7 Å². The molecule has 1 aromatic rings. The van der Waals surface area contributed by atoms with E-state index in [0.717, 1.165) is 0 Å². The van der Waals surface area contributed by atoms with E-state index >= 15 is 0 Å². The van der Waals surface area contributed by atoms with Gasteiger partial charge >= 0.3 is 0 Å². The van der Waals surface area contributed by atoms with Crippen LogP contribution in [0.25, 0.3) is 0 Å². The fourth-order valence-corrected chi connectivity index (χ4v) is 2.48. The number of piperidine rings is 1. The third-order valence-corrected chi connectivity index (χ3v) is 3.90. The summed E-state index contributed by atoms with van der Waals surface area (Å²) in [5.74, 6) is 0.689. The van der Waals surface area contributed by atoms with Gasteiger partial charge in [0.2, 0.25) is 0 Å². The van der Waals surface area contributed by atoms with Gasteiger partial charge in [0, 0.05) is 18.1 Å². The molecule has 0 bridgehead atoms. The average Bonchev–Trinajstić information content (AvgIpc) is 2.43. The molecule has 110 valence electrons. The molecule has 1 aromatic carbocycles. The molecule has 20 heavy (non-hydrogen) atoms. The number of aliphatic hydroxyl groups is 1. The van der Waals surface area contributed by atoms with Gasteiger partial charge in [-0.15, -0.1) is 0 Å². The standard InChI is InChI=1S/C15H20ClNO3/c1-10-9-17(8-7-14(10)18)15(19)11(2)20-13-5-3-12(16)4-6-13/h3-6,10-11,14,18H,7-9H2,1-2H3. The summed E-state index contributed by atoms with van der Waals surface area (Å²) in [5.41, 5.74) is 0. The van der Waals surface area contributed by atoms with Gasteiger partial charge in [0.25, 0.3) is 5.91 Å². The number of likely N-dealkylation sites (tertiary alicyclic amines) is 1. The van der Waals surface area contributed by atoms with Gasteiger partial charge in [-0.3, -0.25) is 4.79 Å². The zero-order chi connectivity index (χ0) is 14.7. The molecule has 1 N–H and O–H groups in total. The number of carbonyl (C=O) groups is 1. The van der Waals surface area contributed by atoms with E-state index in [0.29, 0.717) is 30.3 Å². The molecule has 4 nitrogen and oxygen atoms in total. The highest BCUT2D eigenvalue weighted by molar-refractivity contribution is 6.30. The van der Waals surface area contributed by atoms with Gasteiger partial charge in [-0.25, -0.2) is 0 Å². The molecule has 1 amide bonds. The molecule has 3 unspecified atom stereocenters. The number of amides is 1. The molecule has 0 aliphatic carbocycles. The summed E-state index contributed by atoms with van der Waals surface area (Å²) < 4.78 is 5.63. The number of benzene rings is 1. The Morgan fingerprint density at radius 3 is 2.70 bits per heavy atom. The van der Waals surface area contributed by atoms with Gasteiger partial charge in [-0.05, 0) is 43.5 Å². The highest BCUT2D eigenvalue weighted by atomic mass is 35.5. The second-order valence-electron chi connectivity index (χ2n) is 5.33. The second kappa shape index (κ2) is 6.46. The van der Waals surface area contributed by atoms with Crippen LogP contribution in [0.4, 0.5) is 0 Å². The van der Waals surface area contributed by atoms with E-state index in [4.69, 9.17) is 16.3 Å². The van der Waals surface area contributed by atoms with Crippen LogP contribution in [0.3, 0.4) is 0 Å². The first-order chi connectivity index (χ1) is 9.47. The van der Waals surface area contributed by atoms with Crippen molar-refractivity contribution in [2.75, 3.05) is 13.1 Å². The molecular formula is C15H20ClNO3. The quantitative estimate of drug-likeness (QED) is 0.931. The van der Waals surface area contributed by atoms with Gasteiger partial charge in [-0.1, -0.05) is 18.5 Å². The summed E-state index contributed by atoms with van der Waals surface area (Å²) in [6.07, 6.45) is -0.231. The summed E-state index contributed by atoms with van der Waals surface area (Å²) in [5, 5.41) is 10.3. The number of nitrogens with zero attached hydrogens (tertiary/aromatic N) is 1. The Balaban J connectivity index is 1.93. The monoisotopic (exact) mass is 297 g/mol. The van der Waals surface area contributed by atoms with Crippen molar-refractivity contribution in [1.82, 2.24) is 4.90 Å². The lowest BCUT2D eigenvalue weighted by atomic mass is 9.96. The van der Waals surface area contributed by atoms with Crippen LogP contribution >= 0.6 is 11.6 Å². The summed E-state index contributed by atoms with van der Waals surface area (Å²) in [6, 6.07) is 6.95. The molecule has 0 spiro atoms. The van der Waals surface area contributed by atoms with Crippen LogP contribution in [0, 0.1) is 5.92 Å². The number of ether oxygens (including phenoxy) is 1. The van der Waals surface area contributed by atoms with Crippen LogP contribution in [0.2, 0.25) is 5.02 Å². The fourth-order valence-electron chi connectivity index (χ4n) is 2.36. The minimum absolute atomic E-state index is 0.0429. The van der Waals surface area contributed by atoms with Crippen molar-refractivity contribution in [3.8, 4) is 5.75 Å². The predicted molar refractivity (Wildman–Crippen MR) is 77.9 cm³/mol. The summed E-state index contributed by atoms with van der Waals surface area (Å²) in [6.45, 7) is 4.86. The first-order valence-corrected chi connectivity index (χ1v) is 7.24. The molecule has 1 aliphatic heterocycles. The van der Waals surface area contributed by atoms with Crippen LogP contribution < -0.4 is 4.74 Å². The molecule has 3 atom stereocenters. The van der Waals surface area contributed by atoms with E-state index in [1.807, 2.05) is 6.92 Å². The molecule has 0 aromatic heterocycles. The normalized spacial score (nSPS) is 24.3. The van der Waals surface area contributed by atoms with E-state index in [1.54, 1.807) is 36.1 Å². The number of carbonyl (C=O) groups excluding carboxylic acids is 1. The highest BCUT2D eigenvalue weighted by Gasteiger charge is 2.30. The van der Waals surface area contributed by atoms with Crippen LogP contribution in [0.5, 0.6) is 5.75 Å². The zero-order valence-corrected chi connectivity index (χ0v) is 12.5. The average molecular weight is 298 g/mol. The van der Waals surface area contributed by atoms with Crippen LogP contribution in [-0.2, 0) is 4.79 Å². The van der Waals surface area contributed by atoms with Crippen molar-refractivity contribution >= 4 is 17.5 Å². The minimum Gasteiger partial charge on any atom is -0.481 e. The lowest BCUT2D eigenvalue weighted by Gasteiger charge is -2.35. The Morgan fingerprint density at radius 1 is 1.45 bits per heavy atom. The Kier molecular flexibility index (Phi) is 4.89. The third-order valence-electron chi connectivity index (χ3n) is 3.65. The number of aliphatic hydroxyl groups excluding tert-OH is 1. The van der Waals surface area contributed by atoms with Crippen molar-refractivity contribution < 1.29 is 14.6 Å². The van der Waals surface area contributed by atoms with Crippen molar-refractivity contribution in [3.05, 3.63) is 29.3 Å². The minimum atomic E-state index is -0.543. The lowest BCUT2D eigenvalue weighted by molar-refractivity contribution is -0.141. The van der Waals surface area contributed by atoms with Gasteiger partial charge in [0.15, 0.2) is 6.10 Å². The van der Waals surface area contributed by atoms with Gasteiger partial charge in [0.05, 0.1) is 6.10 Å². The number of hydrogen-bond acceptors (Lipinski definition) is 3. The first kappa shape index (κ1) is 15.1. The molecule has 2 rings (SSSR count). The molecule has 0 saturated carbocycles. The van der Waals surface area contributed by atoms with E-state index in [1.165, 1.54) is 0 Å². The smallest absolute Gasteiger partial charge is 0.263 e. The predicted octanol–water partition coefficient (Wildman–Crippen LogP) is 2.34. The molecular weight excluding hydrogens is 278 g/mol. The number of hydrogen-bond donors (Lipinski definition) is 1. The molecule has 1 fully saturated rings. The van der Waals surface area contributed by atoms with Crippen molar-refractivity contribution in [2.45, 2.75) is 32.5 Å². The Morgan fingerprint density at radius 2 is 2.10 bits per heavy atom. The molecule has 1 aliphatic rings. The maximum absolute atomic E-state index is 12.3. The van der Waals surface area contributed by atoms with Crippen molar-refractivity contribution in [1.29, 1.82) is 0 Å². The van der Waals surface area contributed by atoms with E-state index in [2.05, 4.69) is 0 Å². The number of rotatable bonds is 3. The first-order valence-electron chi connectivity index (χ1n) is 6.86. The fraction of sp³-hybridized carbons (Fsp3) is 0.533. The summed E-state index contributed by atoms with van der Waals surface area (Å²) in [7, 11) is 0. The van der Waals surface area contributed by atoms with Gasteiger partial charge in [-0.2, -0.15) is 0 Å². The van der Waals surface area contributed by atoms with E-state index in [-0.39, 0.29) is 17.9 Å². The van der Waals surface area contributed by atoms with Crippen LogP contribution in [0.15, 0.2) is 24.3 Å². The van der Waals surface area contributed by atoms with E-state index < -0.39 is 6.10 Å². The van der Waals surface area contributed by atoms with Gasteiger partial charge in [0.1, 0.15) is 5.75 Å². The molecule has 5 heteroatoms. The Hall–Kier alpha value is -1.26. The largest absolute Gasteiger partial charge is 0.481 e. The maximum atomic E-state index is 12.3. The lowest BCUT2D eigenvalue weighted by Crippen LogP contribution is -2.49. The SMILES string of the molecule is CC(Oc1ccc(Cl)cc1)C(=O)N1CCC(O)C(C)C1. The zero-order valence-electron chi connectivity index (χ0n) is 11.8. The Labute approximate surface area is 124 Å². The summed E-state index contributed by atoms with van der Waals surface area (Å²) >= 11 is 5.81. The van der Waals surface area contributed by atoms with Crippen LogP contribution in [0.1, 0.15) is 20.3 Å². The molecule has 0 radical (unpaired) electrons. The van der Waals surface area contributed by atoms with Crippen molar-refractivity contribution in [3.63, 3.8) is 0 Å². The summed E-state index contributed by atoms with van der Waals surface area (Å²) in [4.78, 5) is 14.1. The molecule has 1 saturated heterocycles. The third kappa shape index (κ3) is 3.64. The second-order valence-corrected chi connectivity index (χ2v) is 5.77.